The summed E-state index contributed by atoms with van der Waals surface area (Å²) >= 11 is 5.16. The van der Waals surface area contributed by atoms with Crippen LogP contribution in [0.4, 0.5) is 4.39 Å². The summed E-state index contributed by atoms with van der Waals surface area (Å²) in [6.45, 7) is 3.28. The lowest BCUT2D eigenvalue weighted by atomic mass is 10.2. The van der Waals surface area contributed by atoms with Crippen molar-refractivity contribution < 1.29 is 22.1 Å². The number of sulfonamides is 1. The summed E-state index contributed by atoms with van der Waals surface area (Å²) in [6, 6.07) is 14.9. The Bertz CT molecular complexity index is 1530. The van der Waals surface area contributed by atoms with E-state index in [-0.39, 0.29) is 17.3 Å². The summed E-state index contributed by atoms with van der Waals surface area (Å²) in [6.07, 6.45) is 3.68. The van der Waals surface area contributed by atoms with Crippen molar-refractivity contribution in [3.63, 3.8) is 0 Å². The van der Waals surface area contributed by atoms with Crippen molar-refractivity contribution in [2.45, 2.75) is 35.6 Å². The number of fused-ring (bicyclic) bond motifs is 1. The molecule has 4 aromatic rings. The van der Waals surface area contributed by atoms with E-state index in [1.165, 1.54) is 24.3 Å². The molecule has 200 valence electrons. The van der Waals surface area contributed by atoms with Crippen LogP contribution in [0.3, 0.4) is 0 Å². The molecule has 1 aliphatic rings. The molecule has 2 heterocycles. The van der Waals surface area contributed by atoms with E-state index in [0.29, 0.717) is 21.4 Å². The second-order valence-electron chi connectivity index (χ2n) is 9.06. The third-order valence-corrected chi connectivity index (χ3v) is 9.58. The Morgan fingerprint density at radius 1 is 1.13 bits per heavy atom. The minimum atomic E-state index is -3.82. The first-order valence-electron chi connectivity index (χ1n) is 12.1. The lowest BCUT2D eigenvalue weighted by Crippen LogP contribution is -2.36. The molecule has 5 rings (SSSR count). The van der Waals surface area contributed by atoms with E-state index >= 15 is 0 Å². The number of aromatic nitrogens is 2. The van der Waals surface area contributed by atoms with Gasteiger partial charge in [0, 0.05) is 18.5 Å². The Morgan fingerprint density at radius 3 is 2.50 bits per heavy atom. The van der Waals surface area contributed by atoms with Gasteiger partial charge in [0.1, 0.15) is 18.2 Å². The van der Waals surface area contributed by atoms with E-state index in [2.05, 4.69) is 9.82 Å². The second kappa shape index (κ2) is 11.2. The largest absolute Gasteiger partial charge is 0.593 e. The van der Waals surface area contributed by atoms with E-state index in [1.807, 2.05) is 4.31 Å². The maximum absolute atomic E-state index is 13.3. The van der Waals surface area contributed by atoms with Crippen LogP contribution in [0.5, 0.6) is 5.75 Å². The Hall–Kier alpha value is -2.67. The molecule has 2 atom stereocenters. The molecule has 1 aliphatic heterocycles. The zero-order valence-electron chi connectivity index (χ0n) is 20.5. The summed E-state index contributed by atoms with van der Waals surface area (Å²) in [4.78, 5) is 0.661. The normalized spacial score (nSPS) is 16.1. The maximum atomic E-state index is 13.3. The molecule has 1 fully saturated rings. The van der Waals surface area contributed by atoms with E-state index < -0.39 is 27.4 Å². The van der Waals surface area contributed by atoms with Gasteiger partial charge in [-0.25, -0.2) is 22.2 Å². The highest BCUT2D eigenvalue weighted by Gasteiger charge is 2.26. The van der Waals surface area contributed by atoms with Crippen LogP contribution in [0.15, 0.2) is 76.7 Å². The maximum Gasteiger partial charge on any atom is 0.240 e. The number of benzene rings is 3. The van der Waals surface area contributed by atoms with Gasteiger partial charge in [-0.05, 0) is 80.4 Å². The first kappa shape index (κ1) is 26.9. The highest BCUT2D eigenvalue weighted by molar-refractivity contribution is 7.89. The van der Waals surface area contributed by atoms with Crippen molar-refractivity contribution >= 4 is 43.9 Å². The van der Waals surface area contributed by atoms with Crippen LogP contribution < -0.4 is 9.46 Å². The lowest BCUT2D eigenvalue weighted by Gasteiger charge is -2.19. The van der Waals surface area contributed by atoms with Crippen molar-refractivity contribution in [1.82, 2.24) is 18.8 Å². The van der Waals surface area contributed by atoms with Gasteiger partial charge >= 0.3 is 0 Å². The summed E-state index contributed by atoms with van der Waals surface area (Å²) in [5, 5.41) is 5.45. The predicted octanol–water partition coefficient (Wildman–Crippen LogP) is 4.68. The highest BCUT2D eigenvalue weighted by Crippen LogP contribution is 2.31. The fourth-order valence-corrected chi connectivity index (χ4v) is 6.94. The number of nitrogens with zero attached hydrogens (tertiary/aromatic N) is 3. The molecular weight excluding hydrogens is 551 g/mol. The molecule has 0 amide bonds. The van der Waals surface area contributed by atoms with Gasteiger partial charge in [-0.2, -0.15) is 5.10 Å². The Balaban J connectivity index is 1.23. The molecule has 8 nitrogen and oxygen atoms in total. The minimum absolute atomic E-state index is 0.0353. The van der Waals surface area contributed by atoms with Crippen molar-refractivity contribution in [3.8, 4) is 11.4 Å². The lowest BCUT2D eigenvalue weighted by molar-refractivity contribution is 0.288. The van der Waals surface area contributed by atoms with E-state index in [9.17, 15) is 17.4 Å². The molecule has 38 heavy (non-hydrogen) atoms. The van der Waals surface area contributed by atoms with Crippen LogP contribution in [-0.4, -0.2) is 52.8 Å². The van der Waals surface area contributed by atoms with Gasteiger partial charge in [0.15, 0.2) is 4.90 Å². The first-order chi connectivity index (χ1) is 18.2. The minimum Gasteiger partial charge on any atom is -0.593 e. The fraction of sp³-hybridized carbons (Fsp3) is 0.269. The van der Waals surface area contributed by atoms with Crippen molar-refractivity contribution in [2.24, 2.45) is 0 Å². The van der Waals surface area contributed by atoms with Crippen LogP contribution in [0.25, 0.3) is 16.6 Å². The van der Waals surface area contributed by atoms with Gasteiger partial charge in [0.2, 0.25) is 10.0 Å². The van der Waals surface area contributed by atoms with Crippen LogP contribution in [0, 0.1) is 5.82 Å². The van der Waals surface area contributed by atoms with Crippen molar-refractivity contribution in [3.05, 3.63) is 77.7 Å². The average Bonchev–Trinajstić information content (AvgIpc) is 3.58. The standard InChI is InChI=1S/C26H26ClFN4O4S2/c1-18(30-38(34,35)23-10-8-22(9-11-23)37(33)31-12-2-3-13-31)17-36-26-14-19-16-29-32(25(19)15-24(26)27)21-6-4-20(28)5-7-21/h4-11,14-16,18,30H,2-3,12-13,17H2,1H3/t18-,37?/m0/s1. The number of ether oxygens (including phenoxy) is 1. The summed E-state index contributed by atoms with van der Waals surface area (Å²) in [7, 11) is -3.82. The third kappa shape index (κ3) is 5.83. The van der Waals surface area contributed by atoms with Crippen LogP contribution >= 0.6 is 11.6 Å². The molecule has 0 radical (unpaired) electrons. The van der Waals surface area contributed by atoms with Crippen molar-refractivity contribution in [1.29, 1.82) is 0 Å². The number of halogens is 2. The summed E-state index contributed by atoms with van der Waals surface area (Å²) in [5.41, 5.74) is 1.40. The van der Waals surface area contributed by atoms with Crippen LogP contribution in [-0.2, 0) is 21.4 Å². The summed E-state index contributed by atoms with van der Waals surface area (Å²) < 4.78 is 63.6. The third-order valence-electron chi connectivity index (χ3n) is 6.17. The van der Waals surface area contributed by atoms with Gasteiger partial charge in [-0.3, -0.25) is 0 Å². The molecule has 0 saturated carbocycles. The van der Waals surface area contributed by atoms with Gasteiger partial charge < -0.3 is 9.29 Å². The number of rotatable bonds is 9. The van der Waals surface area contributed by atoms with Gasteiger partial charge in [-0.15, -0.1) is 4.31 Å². The molecular formula is C26H26ClFN4O4S2. The Morgan fingerprint density at radius 2 is 1.82 bits per heavy atom. The smallest absolute Gasteiger partial charge is 0.240 e. The van der Waals surface area contributed by atoms with Gasteiger partial charge in [0.05, 0.1) is 44.7 Å². The zero-order valence-corrected chi connectivity index (χ0v) is 22.9. The monoisotopic (exact) mass is 576 g/mol. The molecule has 1 aromatic heterocycles. The molecule has 1 unspecified atom stereocenters. The topological polar surface area (TPSA) is 99.5 Å². The molecule has 3 aromatic carbocycles. The van der Waals surface area contributed by atoms with E-state index in [1.54, 1.807) is 54.2 Å². The zero-order chi connectivity index (χ0) is 26.9. The predicted molar refractivity (Wildman–Crippen MR) is 145 cm³/mol. The molecule has 1 saturated heterocycles. The highest BCUT2D eigenvalue weighted by atomic mass is 35.5. The SMILES string of the molecule is C[C@@H](COc1cc2cnn(-c3ccc(F)cc3)c2cc1Cl)NS(=O)(=O)c1ccc([S+]([O-])N2CCCC2)cc1. The number of nitrogens with one attached hydrogen (secondary N) is 1. The molecule has 0 bridgehead atoms. The fourth-order valence-electron chi connectivity index (χ4n) is 4.25. The molecule has 1 N–H and O–H groups in total. The first-order valence-corrected chi connectivity index (χ1v) is 15.0. The van der Waals surface area contributed by atoms with Crippen LogP contribution in [0.1, 0.15) is 19.8 Å². The molecule has 0 spiro atoms. The second-order valence-corrected chi connectivity index (χ2v) is 12.7. The number of hydrogen-bond acceptors (Lipinski definition) is 6. The van der Waals surface area contributed by atoms with E-state index in [0.717, 1.165) is 36.8 Å². The quantitative estimate of drug-likeness (QED) is 0.290. The summed E-state index contributed by atoms with van der Waals surface area (Å²) in [5.74, 6) is 0.0484. The molecule has 0 aliphatic carbocycles. The van der Waals surface area contributed by atoms with E-state index in [4.69, 9.17) is 16.3 Å². The van der Waals surface area contributed by atoms with Gasteiger partial charge in [0.25, 0.3) is 0 Å². The number of hydrogen-bond donors (Lipinski definition) is 1. The molecule has 12 heteroatoms. The average molecular weight is 577 g/mol. The van der Waals surface area contributed by atoms with Crippen LogP contribution in [0.2, 0.25) is 5.02 Å². The Kier molecular flexibility index (Phi) is 7.94. The van der Waals surface area contributed by atoms with Gasteiger partial charge in [-0.1, -0.05) is 11.6 Å². The van der Waals surface area contributed by atoms with Crippen molar-refractivity contribution in [2.75, 3.05) is 19.7 Å². The Labute approximate surface area is 228 Å².